The van der Waals surface area contributed by atoms with Crippen LogP contribution in [0.15, 0.2) is 41.2 Å². The predicted octanol–water partition coefficient (Wildman–Crippen LogP) is 0.875. The lowest BCUT2D eigenvalue weighted by atomic mass is 9.99. The Morgan fingerprint density at radius 1 is 1.14 bits per heavy atom. The van der Waals surface area contributed by atoms with E-state index in [0.29, 0.717) is 6.54 Å². The fourth-order valence-electron chi connectivity index (χ4n) is 5.17. The van der Waals surface area contributed by atoms with Crippen molar-refractivity contribution in [3.63, 3.8) is 0 Å². The van der Waals surface area contributed by atoms with Gasteiger partial charge in [-0.1, -0.05) is 24.3 Å². The summed E-state index contributed by atoms with van der Waals surface area (Å²) in [6.07, 6.45) is 6.45. The summed E-state index contributed by atoms with van der Waals surface area (Å²) < 4.78 is 0. The second kappa shape index (κ2) is 11.9. The van der Waals surface area contributed by atoms with Gasteiger partial charge in [0.1, 0.15) is 11.9 Å². The van der Waals surface area contributed by atoms with Gasteiger partial charge in [-0.05, 0) is 50.6 Å². The molecule has 1 aromatic carbocycles. The van der Waals surface area contributed by atoms with E-state index in [4.69, 9.17) is 0 Å². The third-order valence-corrected chi connectivity index (χ3v) is 7.62. The highest BCUT2D eigenvalue weighted by molar-refractivity contribution is 5.87. The fourth-order valence-corrected chi connectivity index (χ4v) is 5.17. The van der Waals surface area contributed by atoms with Crippen molar-refractivity contribution in [1.29, 1.82) is 0 Å². The quantitative estimate of drug-likeness (QED) is 0.557. The molecule has 4 rings (SSSR count). The molecule has 2 unspecified atom stereocenters. The number of piperidine rings is 1. The minimum absolute atomic E-state index is 0.0230. The maximum atomic E-state index is 13.2. The number of hydrogen-bond acceptors (Lipinski definition) is 7. The van der Waals surface area contributed by atoms with Crippen molar-refractivity contribution in [2.24, 2.45) is 4.99 Å². The molecular weight excluding hydrogens is 454 g/mol. The second-order valence-electron chi connectivity index (χ2n) is 10.4. The van der Waals surface area contributed by atoms with Gasteiger partial charge in [-0.3, -0.25) is 14.5 Å². The molecule has 9 nitrogen and oxygen atoms in total. The molecule has 0 aromatic heterocycles. The summed E-state index contributed by atoms with van der Waals surface area (Å²) in [4.78, 5) is 37.6. The van der Waals surface area contributed by atoms with Gasteiger partial charge in [-0.15, -0.1) is 0 Å². The average Bonchev–Trinajstić information content (AvgIpc) is 2.87. The molecule has 0 bridgehead atoms. The highest BCUT2D eigenvalue weighted by Crippen LogP contribution is 2.19. The SMILES string of the molecule is CC(=O)N1CCC(NC2=CC(C(=O)NCC(CN3CCc4ccccc4C3)N(C)C)N(C)C=N2)CC1. The van der Waals surface area contributed by atoms with Gasteiger partial charge in [0.15, 0.2) is 0 Å². The maximum Gasteiger partial charge on any atom is 0.246 e. The first-order valence-electron chi connectivity index (χ1n) is 13.0. The zero-order valence-electron chi connectivity index (χ0n) is 22.1. The van der Waals surface area contributed by atoms with E-state index in [2.05, 4.69) is 63.8 Å². The maximum absolute atomic E-state index is 13.2. The fraction of sp³-hybridized carbons (Fsp3) is 0.593. The first kappa shape index (κ1) is 26.2. The molecule has 196 valence electrons. The number of benzene rings is 1. The molecule has 3 aliphatic heterocycles. The minimum Gasteiger partial charge on any atom is -0.367 e. The first-order chi connectivity index (χ1) is 17.3. The monoisotopic (exact) mass is 495 g/mol. The van der Waals surface area contributed by atoms with Crippen LogP contribution in [0, 0.1) is 0 Å². The molecule has 2 atom stereocenters. The van der Waals surface area contributed by atoms with Crippen LogP contribution in [0.3, 0.4) is 0 Å². The first-order valence-corrected chi connectivity index (χ1v) is 13.0. The Hall–Kier alpha value is -2.91. The van der Waals surface area contributed by atoms with Crippen LogP contribution >= 0.6 is 0 Å². The highest BCUT2D eigenvalue weighted by atomic mass is 16.2. The van der Waals surface area contributed by atoms with Crippen molar-refractivity contribution in [2.45, 2.75) is 50.9 Å². The topological polar surface area (TPSA) is 83.5 Å². The number of hydrogen-bond donors (Lipinski definition) is 2. The van der Waals surface area contributed by atoms with E-state index in [-0.39, 0.29) is 23.9 Å². The van der Waals surface area contributed by atoms with Gasteiger partial charge in [0.05, 0.1) is 6.34 Å². The summed E-state index contributed by atoms with van der Waals surface area (Å²) in [7, 11) is 6.03. The molecule has 1 saturated heterocycles. The number of likely N-dealkylation sites (tertiary alicyclic amines) is 1. The van der Waals surface area contributed by atoms with Gasteiger partial charge in [-0.2, -0.15) is 0 Å². The summed E-state index contributed by atoms with van der Waals surface area (Å²) in [6, 6.07) is 8.74. The van der Waals surface area contributed by atoms with E-state index in [9.17, 15) is 9.59 Å². The average molecular weight is 496 g/mol. The van der Waals surface area contributed by atoms with Crippen LogP contribution in [0.25, 0.3) is 0 Å². The van der Waals surface area contributed by atoms with Crippen molar-refractivity contribution in [1.82, 2.24) is 30.2 Å². The van der Waals surface area contributed by atoms with E-state index >= 15 is 0 Å². The Bertz CT molecular complexity index is 984. The summed E-state index contributed by atoms with van der Waals surface area (Å²) in [6.45, 7) is 6.62. The lowest BCUT2D eigenvalue weighted by Gasteiger charge is -2.35. The number of rotatable bonds is 8. The second-order valence-corrected chi connectivity index (χ2v) is 10.4. The van der Waals surface area contributed by atoms with Crippen LogP contribution in [-0.4, -0.2) is 110 Å². The molecule has 3 heterocycles. The third-order valence-electron chi connectivity index (χ3n) is 7.62. The van der Waals surface area contributed by atoms with Gasteiger partial charge in [0, 0.05) is 65.3 Å². The summed E-state index contributed by atoms with van der Waals surface area (Å²) in [5.74, 6) is 0.832. The van der Waals surface area contributed by atoms with E-state index < -0.39 is 6.04 Å². The molecule has 9 heteroatoms. The number of likely N-dealkylation sites (N-methyl/N-ethyl adjacent to an activating group) is 2. The predicted molar refractivity (Wildman–Crippen MR) is 142 cm³/mol. The van der Waals surface area contributed by atoms with E-state index in [1.54, 1.807) is 13.3 Å². The molecule has 0 spiro atoms. The number of fused-ring (bicyclic) bond motifs is 1. The van der Waals surface area contributed by atoms with Crippen molar-refractivity contribution in [3.05, 3.63) is 47.3 Å². The van der Waals surface area contributed by atoms with E-state index in [0.717, 1.165) is 57.8 Å². The molecule has 1 aromatic rings. The normalized spacial score (nSPS) is 21.7. The van der Waals surface area contributed by atoms with E-state index in [1.807, 2.05) is 22.9 Å². The zero-order valence-corrected chi connectivity index (χ0v) is 22.1. The van der Waals surface area contributed by atoms with Gasteiger partial charge >= 0.3 is 0 Å². The Morgan fingerprint density at radius 3 is 2.56 bits per heavy atom. The molecular formula is C27H41N7O2. The molecule has 3 aliphatic rings. The number of nitrogens with zero attached hydrogens (tertiary/aromatic N) is 5. The van der Waals surface area contributed by atoms with Gasteiger partial charge in [0.2, 0.25) is 11.8 Å². The number of nitrogens with one attached hydrogen (secondary N) is 2. The van der Waals surface area contributed by atoms with Gasteiger partial charge in [0.25, 0.3) is 0 Å². The molecule has 2 N–H and O–H groups in total. The lowest BCUT2D eigenvalue weighted by Crippen LogP contribution is -2.52. The van der Waals surface area contributed by atoms with Crippen LogP contribution in [0.1, 0.15) is 30.9 Å². The van der Waals surface area contributed by atoms with Crippen molar-refractivity contribution < 1.29 is 9.59 Å². The van der Waals surface area contributed by atoms with Gasteiger partial charge in [-0.25, -0.2) is 4.99 Å². The van der Waals surface area contributed by atoms with Crippen LogP contribution < -0.4 is 10.6 Å². The third kappa shape index (κ3) is 6.64. The van der Waals surface area contributed by atoms with Crippen molar-refractivity contribution in [3.8, 4) is 0 Å². The molecule has 0 saturated carbocycles. The molecule has 0 aliphatic carbocycles. The number of amides is 2. The number of carbonyl (C=O) groups excluding carboxylic acids is 2. The minimum atomic E-state index is -0.410. The number of carbonyl (C=O) groups is 2. The van der Waals surface area contributed by atoms with Crippen LogP contribution in [0.4, 0.5) is 0 Å². The largest absolute Gasteiger partial charge is 0.367 e. The molecule has 2 amide bonds. The summed E-state index contributed by atoms with van der Waals surface area (Å²) in [5.41, 5.74) is 2.86. The Balaban J connectivity index is 1.29. The van der Waals surface area contributed by atoms with Crippen molar-refractivity contribution in [2.75, 3.05) is 53.9 Å². The molecule has 0 radical (unpaired) electrons. The van der Waals surface area contributed by atoms with Gasteiger partial charge < -0.3 is 25.3 Å². The van der Waals surface area contributed by atoms with Crippen molar-refractivity contribution >= 4 is 18.2 Å². The highest BCUT2D eigenvalue weighted by Gasteiger charge is 2.27. The Kier molecular flexibility index (Phi) is 8.64. The molecule has 1 fully saturated rings. The van der Waals surface area contributed by atoms with Crippen LogP contribution in [0.2, 0.25) is 0 Å². The standard InChI is InChI=1S/C27H41N7O2/c1-20(35)34-13-10-23(11-14-34)30-26-15-25(32(4)19-29-26)27(36)28-16-24(31(2)3)18-33-12-9-21-7-5-6-8-22(21)17-33/h5-8,15,19,23-25,30H,9-14,16-18H2,1-4H3,(H,28,36). The smallest absolute Gasteiger partial charge is 0.246 e. The van der Waals surface area contributed by atoms with Crippen LogP contribution in [0.5, 0.6) is 0 Å². The Labute approximate surface area is 215 Å². The van der Waals surface area contributed by atoms with Crippen LogP contribution in [-0.2, 0) is 22.6 Å². The summed E-state index contributed by atoms with van der Waals surface area (Å²) in [5, 5.41) is 6.66. The lowest BCUT2D eigenvalue weighted by molar-refractivity contribution is -0.130. The summed E-state index contributed by atoms with van der Waals surface area (Å²) >= 11 is 0. The molecule has 36 heavy (non-hydrogen) atoms. The number of aliphatic imine (C=N–C) groups is 1. The van der Waals surface area contributed by atoms with E-state index in [1.165, 1.54) is 11.1 Å². The Morgan fingerprint density at radius 2 is 1.86 bits per heavy atom. The zero-order chi connectivity index (χ0) is 25.7.